The molecule has 0 spiro atoms. The summed E-state index contributed by atoms with van der Waals surface area (Å²) in [6, 6.07) is 17.7. The lowest BCUT2D eigenvalue weighted by molar-refractivity contribution is 0.101. The van der Waals surface area contributed by atoms with Gasteiger partial charge in [-0.2, -0.15) is 5.10 Å². The van der Waals surface area contributed by atoms with Crippen molar-refractivity contribution < 1.29 is 14.1 Å². The van der Waals surface area contributed by atoms with E-state index in [9.17, 15) is 4.79 Å². The zero-order valence-corrected chi connectivity index (χ0v) is 18.7. The predicted molar refractivity (Wildman–Crippen MR) is 122 cm³/mol. The summed E-state index contributed by atoms with van der Waals surface area (Å²) >= 11 is 0. The maximum absolute atomic E-state index is 13.0. The van der Waals surface area contributed by atoms with Gasteiger partial charge in [0.1, 0.15) is 18.1 Å². The van der Waals surface area contributed by atoms with Gasteiger partial charge in [-0.05, 0) is 45.4 Å². The number of nitrogens with one attached hydrogen (secondary N) is 1. The molecule has 7 nitrogen and oxygen atoms in total. The second-order valence-electron chi connectivity index (χ2n) is 7.81. The summed E-state index contributed by atoms with van der Waals surface area (Å²) < 4.78 is 13.0. The first-order valence-electron chi connectivity index (χ1n) is 10.5. The number of nitrogens with zero attached hydrogens (tertiary/aromatic N) is 3. The number of carbonyl (C=O) groups is 1. The van der Waals surface area contributed by atoms with Crippen molar-refractivity contribution in [2.75, 3.05) is 5.32 Å². The molecule has 1 amide bonds. The summed E-state index contributed by atoms with van der Waals surface area (Å²) in [6.45, 7) is 8.46. The van der Waals surface area contributed by atoms with Crippen LogP contribution in [-0.2, 0) is 13.2 Å². The number of hydrogen-bond donors (Lipinski definition) is 1. The Hall–Kier alpha value is -3.87. The number of benzene rings is 2. The van der Waals surface area contributed by atoms with E-state index in [-0.39, 0.29) is 18.2 Å². The molecule has 2 aromatic heterocycles. The third kappa shape index (κ3) is 4.56. The van der Waals surface area contributed by atoms with E-state index in [1.54, 1.807) is 6.92 Å². The molecule has 1 N–H and O–H groups in total. The van der Waals surface area contributed by atoms with Crippen LogP contribution in [0.4, 0.5) is 5.69 Å². The maximum atomic E-state index is 13.0. The molecule has 0 unspecified atom stereocenters. The predicted octanol–water partition coefficient (Wildman–Crippen LogP) is 4.98. The van der Waals surface area contributed by atoms with E-state index in [0.29, 0.717) is 29.3 Å². The standard InChI is InChI=1S/C25H26N4O3/c1-16-10-12-20(13-11-16)14-29-18(3)23(17(2)27-29)26-25(30)24-22(19(4)32-28-24)15-31-21-8-6-5-7-9-21/h5-13H,14-15H2,1-4H3,(H,26,30). The SMILES string of the molecule is Cc1ccc(Cn2nc(C)c(NC(=O)c3noc(C)c3COc3ccccc3)c2C)cc1. The highest BCUT2D eigenvalue weighted by molar-refractivity contribution is 6.04. The summed E-state index contributed by atoms with van der Waals surface area (Å²) in [6.07, 6.45) is 0. The van der Waals surface area contributed by atoms with Gasteiger partial charge in [-0.3, -0.25) is 9.48 Å². The normalized spacial score (nSPS) is 10.9. The van der Waals surface area contributed by atoms with Crippen LogP contribution in [0.2, 0.25) is 0 Å². The van der Waals surface area contributed by atoms with Crippen LogP contribution in [0.15, 0.2) is 59.1 Å². The van der Waals surface area contributed by atoms with Gasteiger partial charge in [-0.15, -0.1) is 0 Å². The Balaban J connectivity index is 1.51. The smallest absolute Gasteiger partial charge is 0.278 e. The molecular formula is C25H26N4O3. The number of para-hydroxylation sites is 1. The van der Waals surface area contributed by atoms with Crippen molar-refractivity contribution >= 4 is 11.6 Å². The minimum Gasteiger partial charge on any atom is -0.489 e. The average Bonchev–Trinajstić information content (AvgIpc) is 3.28. The van der Waals surface area contributed by atoms with Crippen LogP contribution in [0.1, 0.15) is 44.3 Å². The molecule has 0 bridgehead atoms. The second kappa shape index (κ2) is 9.09. The number of rotatable bonds is 7. The van der Waals surface area contributed by atoms with E-state index in [4.69, 9.17) is 9.26 Å². The molecule has 2 aromatic carbocycles. The third-order valence-electron chi connectivity index (χ3n) is 5.40. The van der Waals surface area contributed by atoms with Crippen LogP contribution in [0.3, 0.4) is 0 Å². The number of carbonyl (C=O) groups excluding carboxylic acids is 1. The fraction of sp³-hybridized carbons (Fsp3) is 0.240. The molecule has 0 aliphatic heterocycles. The van der Waals surface area contributed by atoms with Crippen LogP contribution in [-0.4, -0.2) is 20.8 Å². The van der Waals surface area contributed by atoms with E-state index >= 15 is 0 Å². The summed E-state index contributed by atoms with van der Waals surface area (Å²) in [4.78, 5) is 13.0. The Bertz CT molecular complexity index is 1220. The number of hydrogen-bond acceptors (Lipinski definition) is 5. The summed E-state index contributed by atoms with van der Waals surface area (Å²) in [5.41, 5.74) is 5.48. The summed E-state index contributed by atoms with van der Waals surface area (Å²) in [5.74, 6) is 0.910. The molecule has 0 aliphatic rings. The van der Waals surface area contributed by atoms with Crippen molar-refractivity contribution in [3.8, 4) is 5.75 Å². The molecule has 7 heteroatoms. The Morgan fingerprint density at radius 1 is 1.03 bits per heavy atom. The van der Waals surface area contributed by atoms with Gasteiger partial charge in [0.15, 0.2) is 5.69 Å². The highest BCUT2D eigenvalue weighted by atomic mass is 16.5. The lowest BCUT2D eigenvalue weighted by Crippen LogP contribution is -2.16. The zero-order valence-electron chi connectivity index (χ0n) is 18.7. The van der Waals surface area contributed by atoms with Gasteiger partial charge in [0.25, 0.3) is 5.91 Å². The van der Waals surface area contributed by atoms with Crippen molar-refractivity contribution in [1.29, 1.82) is 0 Å². The van der Waals surface area contributed by atoms with Crippen molar-refractivity contribution in [1.82, 2.24) is 14.9 Å². The van der Waals surface area contributed by atoms with Gasteiger partial charge < -0.3 is 14.6 Å². The highest BCUT2D eigenvalue weighted by Crippen LogP contribution is 2.23. The number of aryl methyl sites for hydroxylation is 3. The van der Waals surface area contributed by atoms with Gasteiger partial charge >= 0.3 is 0 Å². The summed E-state index contributed by atoms with van der Waals surface area (Å²) in [5, 5.41) is 11.5. The lowest BCUT2D eigenvalue weighted by Gasteiger charge is -2.08. The third-order valence-corrected chi connectivity index (χ3v) is 5.40. The van der Waals surface area contributed by atoms with Crippen LogP contribution < -0.4 is 10.1 Å². The minimum atomic E-state index is -0.352. The molecule has 0 atom stereocenters. The first-order valence-corrected chi connectivity index (χ1v) is 10.5. The Morgan fingerprint density at radius 3 is 2.47 bits per heavy atom. The topological polar surface area (TPSA) is 82.2 Å². The molecule has 4 aromatic rings. The largest absolute Gasteiger partial charge is 0.489 e. The van der Waals surface area contributed by atoms with Crippen molar-refractivity contribution in [3.63, 3.8) is 0 Å². The van der Waals surface area contributed by atoms with E-state index in [1.165, 1.54) is 5.56 Å². The van der Waals surface area contributed by atoms with E-state index in [2.05, 4.69) is 46.8 Å². The molecule has 0 fully saturated rings. The molecule has 0 saturated carbocycles. The fourth-order valence-corrected chi connectivity index (χ4v) is 3.48. The van der Waals surface area contributed by atoms with Gasteiger partial charge in [0, 0.05) is 0 Å². The molecule has 0 radical (unpaired) electrons. The fourth-order valence-electron chi connectivity index (χ4n) is 3.48. The van der Waals surface area contributed by atoms with Crippen LogP contribution >= 0.6 is 0 Å². The Morgan fingerprint density at radius 2 is 1.75 bits per heavy atom. The monoisotopic (exact) mass is 430 g/mol. The molecular weight excluding hydrogens is 404 g/mol. The first kappa shape index (κ1) is 21.4. The molecule has 2 heterocycles. The van der Waals surface area contributed by atoms with E-state index < -0.39 is 0 Å². The van der Waals surface area contributed by atoms with Crippen LogP contribution in [0, 0.1) is 27.7 Å². The minimum absolute atomic E-state index is 0.187. The van der Waals surface area contributed by atoms with Gasteiger partial charge in [0.05, 0.1) is 29.2 Å². The van der Waals surface area contributed by atoms with Gasteiger partial charge in [-0.1, -0.05) is 53.2 Å². The van der Waals surface area contributed by atoms with Crippen LogP contribution in [0.25, 0.3) is 0 Å². The average molecular weight is 431 g/mol. The van der Waals surface area contributed by atoms with E-state index in [0.717, 1.165) is 17.0 Å². The van der Waals surface area contributed by atoms with E-state index in [1.807, 2.05) is 48.9 Å². The van der Waals surface area contributed by atoms with Crippen molar-refractivity contribution in [3.05, 3.63) is 94.1 Å². The van der Waals surface area contributed by atoms with Gasteiger partial charge in [-0.25, -0.2) is 0 Å². The van der Waals surface area contributed by atoms with Gasteiger partial charge in [0.2, 0.25) is 0 Å². The Labute approximate surface area is 187 Å². The van der Waals surface area contributed by atoms with Crippen LogP contribution in [0.5, 0.6) is 5.75 Å². The first-order chi connectivity index (χ1) is 15.4. The summed E-state index contributed by atoms with van der Waals surface area (Å²) in [7, 11) is 0. The lowest BCUT2D eigenvalue weighted by atomic mass is 10.1. The quantitative estimate of drug-likeness (QED) is 0.447. The number of aromatic nitrogens is 3. The number of ether oxygens (including phenoxy) is 1. The number of anilines is 1. The van der Waals surface area contributed by atoms with Crippen molar-refractivity contribution in [2.24, 2.45) is 0 Å². The molecule has 4 rings (SSSR count). The highest BCUT2D eigenvalue weighted by Gasteiger charge is 2.23. The molecule has 32 heavy (non-hydrogen) atoms. The molecule has 0 aliphatic carbocycles. The Kier molecular flexibility index (Phi) is 6.07. The molecule has 0 saturated heterocycles. The zero-order chi connectivity index (χ0) is 22.7. The maximum Gasteiger partial charge on any atom is 0.278 e. The molecule has 164 valence electrons. The van der Waals surface area contributed by atoms with Crippen molar-refractivity contribution in [2.45, 2.75) is 40.8 Å². The second-order valence-corrected chi connectivity index (χ2v) is 7.81. The number of amides is 1.